The lowest BCUT2D eigenvalue weighted by molar-refractivity contribution is -0.151. The Balaban J connectivity index is 3.79. The van der Waals surface area contributed by atoms with Crippen molar-refractivity contribution < 1.29 is 9.53 Å². The van der Waals surface area contributed by atoms with E-state index >= 15 is 0 Å². The molecule has 3 atom stereocenters. The smallest absolute Gasteiger partial charge is 0.323 e. The van der Waals surface area contributed by atoms with Crippen molar-refractivity contribution in [3.05, 3.63) is 0 Å². The number of unbranched alkanes of at least 4 members (excludes halogenated alkanes) is 3. The average molecular weight is 243 g/mol. The summed E-state index contributed by atoms with van der Waals surface area (Å²) in [7, 11) is 0. The van der Waals surface area contributed by atoms with Crippen LogP contribution < -0.4 is 5.73 Å². The van der Waals surface area contributed by atoms with E-state index in [4.69, 9.17) is 10.5 Å². The van der Waals surface area contributed by atoms with E-state index in [9.17, 15) is 4.79 Å². The third kappa shape index (κ3) is 7.37. The van der Waals surface area contributed by atoms with E-state index < -0.39 is 6.04 Å². The van der Waals surface area contributed by atoms with Gasteiger partial charge in [0.05, 0.1) is 6.10 Å². The summed E-state index contributed by atoms with van der Waals surface area (Å²) in [5, 5.41) is 0. The largest absolute Gasteiger partial charge is 0.462 e. The van der Waals surface area contributed by atoms with Gasteiger partial charge in [0.15, 0.2) is 0 Å². The Bertz CT molecular complexity index is 206. The van der Waals surface area contributed by atoms with Crippen molar-refractivity contribution in [3.8, 4) is 0 Å². The quantitative estimate of drug-likeness (QED) is 0.499. The fourth-order valence-electron chi connectivity index (χ4n) is 1.68. The molecule has 0 spiro atoms. The van der Waals surface area contributed by atoms with Gasteiger partial charge in [0.2, 0.25) is 0 Å². The average Bonchev–Trinajstić information content (AvgIpc) is 2.32. The minimum Gasteiger partial charge on any atom is -0.462 e. The van der Waals surface area contributed by atoms with Crippen molar-refractivity contribution in [2.24, 2.45) is 11.7 Å². The second kappa shape index (κ2) is 9.46. The van der Waals surface area contributed by atoms with Gasteiger partial charge in [-0.25, -0.2) is 0 Å². The van der Waals surface area contributed by atoms with Crippen LogP contribution >= 0.6 is 0 Å². The molecule has 0 rings (SSSR count). The highest BCUT2D eigenvalue weighted by Crippen LogP contribution is 2.11. The first-order valence-corrected chi connectivity index (χ1v) is 6.98. The number of hydrogen-bond acceptors (Lipinski definition) is 3. The Kier molecular flexibility index (Phi) is 9.14. The van der Waals surface area contributed by atoms with Crippen LogP contribution in [0.2, 0.25) is 0 Å². The molecule has 0 aromatic heterocycles. The molecule has 0 amide bonds. The van der Waals surface area contributed by atoms with Crippen LogP contribution in [0.25, 0.3) is 0 Å². The molecule has 3 unspecified atom stereocenters. The summed E-state index contributed by atoms with van der Waals surface area (Å²) >= 11 is 0. The highest BCUT2D eigenvalue weighted by molar-refractivity contribution is 5.75. The molecule has 0 aromatic carbocycles. The van der Waals surface area contributed by atoms with Crippen molar-refractivity contribution in [1.82, 2.24) is 0 Å². The molecule has 0 bridgehead atoms. The molecule has 0 saturated carbocycles. The topological polar surface area (TPSA) is 52.3 Å². The van der Waals surface area contributed by atoms with Crippen LogP contribution in [-0.4, -0.2) is 18.1 Å². The summed E-state index contributed by atoms with van der Waals surface area (Å²) < 4.78 is 5.35. The summed E-state index contributed by atoms with van der Waals surface area (Å²) in [5.74, 6) is -0.0582. The number of hydrogen-bond donors (Lipinski definition) is 1. The molecule has 3 heteroatoms. The molecular formula is C14H29NO2. The van der Waals surface area contributed by atoms with Gasteiger partial charge in [-0.15, -0.1) is 0 Å². The first-order chi connectivity index (χ1) is 8.02. The molecule has 17 heavy (non-hydrogen) atoms. The van der Waals surface area contributed by atoms with E-state index in [1.54, 1.807) is 0 Å². The Morgan fingerprint density at radius 1 is 1.18 bits per heavy atom. The van der Waals surface area contributed by atoms with Crippen molar-refractivity contribution in [3.63, 3.8) is 0 Å². The van der Waals surface area contributed by atoms with E-state index in [0.29, 0.717) is 0 Å². The fraction of sp³-hybridized carbons (Fsp3) is 0.929. The second-order valence-electron chi connectivity index (χ2n) is 5.01. The molecule has 102 valence electrons. The van der Waals surface area contributed by atoms with Crippen LogP contribution in [0.3, 0.4) is 0 Å². The maximum absolute atomic E-state index is 11.7. The number of esters is 1. The van der Waals surface area contributed by atoms with Gasteiger partial charge in [-0.1, -0.05) is 46.5 Å². The molecule has 0 heterocycles. The number of ether oxygens (including phenoxy) is 1. The first kappa shape index (κ1) is 16.4. The van der Waals surface area contributed by atoms with Crippen LogP contribution in [0.1, 0.15) is 66.2 Å². The van der Waals surface area contributed by atoms with E-state index in [1.165, 1.54) is 19.3 Å². The van der Waals surface area contributed by atoms with E-state index in [0.717, 1.165) is 19.3 Å². The van der Waals surface area contributed by atoms with Gasteiger partial charge in [0.1, 0.15) is 6.04 Å². The third-order valence-corrected chi connectivity index (χ3v) is 3.31. The summed E-state index contributed by atoms with van der Waals surface area (Å²) in [6, 6.07) is -0.474. The van der Waals surface area contributed by atoms with Gasteiger partial charge >= 0.3 is 5.97 Å². The minimum atomic E-state index is -0.474. The number of carbonyl (C=O) groups excluding carboxylic acids is 1. The Morgan fingerprint density at radius 3 is 2.35 bits per heavy atom. The Morgan fingerprint density at radius 2 is 1.82 bits per heavy atom. The molecule has 2 N–H and O–H groups in total. The third-order valence-electron chi connectivity index (χ3n) is 3.31. The lowest BCUT2D eigenvalue weighted by Crippen LogP contribution is -2.39. The van der Waals surface area contributed by atoms with Crippen molar-refractivity contribution in [1.29, 1.82) is 0 Å². The maximum atomic E-state index is 11.7. The van der Waals surface area contributed by atoms with E-state index in [2.05, 4.69) is 6.92 Å². The summed E-state index contributed by atoms with van der Waals surface area (Å²) in [6.45, 7) is 8.16. The molecular weight excluding hydrogens is 214 g/mol. The number of nitrogens with two attached hydrogens (primary N) is 1. The molecule has 3 nitrogen and oxygen atoms in total. The molecule has 0 radical (unpaired) electrons. The van der Waals surface area contributed by atoms with Gasteiger partial charge in [0.25, 0.3) is 0 Å². The van der Waals surface area contributed by atoms with Crippen LogP contribution in [0.5, 0.6) is 0 Å². The molecule has 0 aliphatic rings. The molecule has 0 saturated heterocycles. The number of rotatable bonds is 9. The Hall–Kier alpha value is -0.570. The zero-order chi connectivity index (χ0) is 13.3. The second-order valence-corrected chi connectivity index (χ2v) is 5.01. The standard InChI is InChI=1S/C14H29NO2/c1-5-7-8-9-10-12(4)17-14(16)13(15)11(3)6-2/h11-13H,5-10,15H2,1-4H3. The van der Waals surface area contributed by atoms with E-state index in [1.807, 2.05) is 20.8 Å². The van der Waals surface area contributed by atoms with Crippen molar-refractivity contribution >= 4 is 5.97 Å². The van der Waals surface area contributed by atoms with Gasteiger partial charge in [-0.3, -0.25) is 4.79 Å². The van der Waals surface area contributed by atoms with Crippen LogP contribution in [-0.2, 0) is 9.53 Å². The highest BCUT2D eigenvalue weighted by atomic mass is 16.5. The zero-order valence-electron chi connectivity index (χ0n) is 11.9. The van der Waals surface area contributed by atoms with Crippen molar-refractivity contribution in [2.45, 2.75) is 78.4 Å². The molecule has 0 aliphatic heterocycles. The molecule has 0 fully saturated rings. The summed E-state index contributed by atoms with van der Waals surface area (Å²) in [6.07, 6.45) is 6.67. The van der Waals surface area contributed by atoms with Crippen LogP contribution in [0, 0.1) is 5.92 Å². The van der Waals surface area contributed by atoms with Crippen LogP contribution in [0.4, 0.5) is 0 Å². The first-order valence-electron chi connectivity index (χ1n) is 6.98. The zero-order valence-corrected chi connectivity index (χ0v) is 11.9. The predicted molar refractivity (Wildman–Crippen MR) is 71.7 cm³/mol. The fourth-order valence-corrected chi connectivity index (χ4v) is 1.68. The highest BCUT2D eigenvalue weighted by Gasteiger charge is 2.22. The monoisotopic (exact) mass is 243 g/mol. The molecule has 0 aromatic rings. The van der Waals surface area contributed by atoms with E-state index in [-0.39, 0.29) is 18.0 Å². The van der Waals surface area contributed by atoms with Gasteiger partial charge in [0, 0.05) is 0 Å². The number of carbonyl (C=O) groups is 1. The normalized spacial score (nSPS) is 16.3. The van der Waals surface area contributed by atoms with Gasteiger partial charge in [-0.2, -0.15) is 0 Å². The predicted octanol–water partition coefficient (Wildman–Crippen LogP) is 3.26. The van der Waals surface area contributed by atoms with Crippen molar-refractivity contribution in [2.75, 3.05) is 0 Å². The lowest BCUT2D eigenvalue weighted by Gasteiger charge is -2.20. The maximum Gasteiger partial charge on any atom is 0.323 e. The molecule has 0 aliphatic carbocycles. The SMILES string of the molecule is CCCCCCC(C)OC(=O)C(N)C(C)CC. The van der Waals surface area contributed by atoms with Gasteiger partial charge < -0.3 is 10.5 Å². The Labute approximate surface area is 106 Å². The minimum absolute atomic E-state index is 0.00513. The van der Waals surface area contributed by atoms with Gasteiger partial charge in [-0.05, 0) is 25.7 Å². The summed E-state index contributed by atoms with van der Waals surface area (Å²) in [4.78, 5) is 11.7. The lowest BCUT2D eigenvalue weighted by atomic mass is 10.0. The van der Waals surface area contributed by atoms with Crippen LogP contribution in [0.15, 0.2) is 0 Å². The summed E-state index contributed by atoms with van der Waals surface area (Å²) in [5.41, 5.74) is 5.82.